The summed E-state index contributed by atoms with van der Waals surface area (Å²) in [5.74, 6) is 0. The maximum absolute atomic E-state index is 2.58. The first-order chi connectivity index (χ1) is 8.45. The van der Waals surface area contributed by atoms with E-state index in [1.807, 2.05) is 11.8 Å². The molecule has 0 aromatic heterocycles. The molecule has 0 N–H and O–H groups in total. The van der Waals surface area contributed by atoms with E-state index in [1.165, 1.54) is 37.7 Å². The quantitative estimate of drug-likeness (QED) is 0.752. The largest absolute Gasteiger partial charge is 0.358 e. The Bertz CT molecular complexity index is 381. The average Bonchev–Trinajstić information content (AvgIpc) is 2.90. The van der Waals surface area contributed by atoms with Crippen molar-refractivity contribution in [1.29, 1.82) is 0 Å². The fourth-order valence-corrected chi connectivity index (χ4v) is 3.95. The first-order valence-electron chi connectivity index (χ1n) is 6.60. The lowest BCUT2D eigenvalue weighted by Crippen LogP contribution is -2.32. The lowest BCUT2D eigenvalue weighted by Gasteiger charge is -2.35. The van der Waals surface area contributed by atoms with Crippen LogP contribution in [0.15, 0.2) is 41.9 Å². The van der Waals surface area contributed by atoms with Crippen LogP contribution >= 0.6 is 11.8 Å². The Morgan fingerprint density at radius 1 is 1.00 bits per heavy atom. The Balaban J connectivity index is 1.77. The molecule has 1 heterocycles. The third kappa shape index (κ3) is 2.37. The second-order valence-electron chi connectivity index (χ2n) is 4.92. The number of benzene rings is 1. The molecule has 1 aromatic carbocycles. The third-order valence-corrected chi connectivity index (χ3v) is 4.84. The molecule has 0 radical (unpaired) electrons. The Hall–Kier alpha value is -0.890. The zero-order valence-electron chi connectivity index (χ0n) is 10.1. The molecule has 2 heteroatoms. The molecule has 1 saturated carbocycles. The van der Waals surface area contributed by atoms with Crippen molar-refractivity contribution in [3.8, 4) is 0 Å². The van der Waals surface area contributed by atoms with E-state index in [1.54, 1.807) is 0 Å². The number of nitrogens with zero attached hydrogens (tertiary/aromatic N) is 1. The van der Waals surface area contributed by atoms with E-state index >= 15 is 0 Å². The van der Waals surface area contributed by atoms with Crippen molar-refractivity contribution in [2.75, 3.05) is 0 Å². The SMILES string of the molecule is C1=CN(C2CCCCC2)C(c2ccccc2)S1. The zero-order chi connectivity index (χ0) is 11.5. The van der Waals surface area contributed by atoms with Crippen molar-refractivity contribution in [2.24, 2.45) is 0 Å². The first kappa shape index (κ1) is 11.2. The van der Waals surface area contributed by atoms with E-state index in [0.29, 0.717) is 5.37 Å². The van der Waals surface area contributed by atoms with Crippen LogP contribution in [0.4, 0.5) is 0 Å². The zero-order valence-corrected chi connectivity index (χ0v) is 10.9. The second kappa shape index (κ2) is 5.18. The minimum Gasteiger partial charge on any atom is -0.358 e. The van der Waals surface area contributed by atoms with Gasteiger partial charge < -0.3 is 4.90 Å². The van der Waals surface area contributed by atoms with Gasteiger partial charge in [0.05, 0.1) is 0 Å². The van der Waals surface area contributed by atoms with Gasteiger partial charge in [0, 0.05) is 12.2 Å². The minimum atomic E-state index is 0.513. The summed E-state index contributed by atoms with van der Waals surface area (Å²) < 4.78 is 0. The summed E-state index contributed by atoms with van der Waals surface area (Å²) in [6.07, 6.45) is 9.28. The molecule has 1 fully saturated rings. The monoisotopic (exact) mass is 245 g/mol. The molecule has 1 nitrogen and oxygen atoms in total. The Morgan fingerprint density at radius 3 is 2.53 bits per heavy atom. The molecule has 0 amide bonds. The number of thioether (sulfide) groups is 1. The van der Waals surface area contributed by atoms with Crippen molar-refractivity contribution in [1.82, 2.24) is 4.90 Å². The molecule has 90 valence electrons. The number of hydrogen-bond donors (Lipinski definition) is 0. The van der Waals surface area contributed by atoms with E-state index in [4.69, 9.17) is 0 Å². The summed E-state index contributed by atoms with van der Waals surface area (Å²) in [5.41, 5.74) is 1.44. The molecule has 2 aliphatic rings. The highest BCUT2D eigenvalue weighted by molar-refractivity contribution is 8.02. The molecular weight excluding hydrogens is 226 g/mol. The average molecular weight is 245 g/mol. The van der Waals surface area contributed by atoms with Crippen molar-refractivity contribution in [2.45, 2.75) is 43.5 Å². The van der Waals surface area contributed by atoms with Crippen LogP contribution < -0.4 is 0 Å². The summed E-state index contributed by atoms with van der Waals surface area (Å²) in [6, 6.07) is 11.7. The Labute approximate surface area is 108 Å². The molecule has 1 unspecified atom stereocenters. The van der Waals surface area contributed by atoms with Gasteiger partial charge in [-0.3, -0.25) is 0 Å². The van der Waals surface area contributed by atoms with Gasteiger partial charge in [0.25, 0.3) is 0 Å². The van der Waals surface area contributed by atoms with Crippen LogP contribution in [0.1, 0.15) is 43.0 Å². The highest BCUT2D eigenvalue weighted by atomic mass is 32.2. The van der Waals surface area contributed by atoms with Crippen molar-refractivity contribution in [3.05, 3.63) is 47.5 Å². The summed E-state index contributed by atoms with van der Waals surface area (Å²) in [5, 5.41) is 2.77. The highest BCUT2D eigenvalue weighted by Crippen LogP contribution is 2.42. The molecular formula is C15H19NS. The van der Waals surface area contributed by atoms with Gasteiger partial charge in [-0.2, -0.15) is 0 Å². The minimum absolute atomic E-state index is 0.513. The van der Waals surface area contributed by atoms with Gasteiger partial charge in [0.15, 0.2) is 0 Å². The fraction of sp³-hybridized carbons (Fsp3) is 0.467. The lowest BCUT2D eigenvalue weighted by molar-refractivity contribution is 0.210. The van der Waals surface area contributed by atoms with Gasteiger partial charge in [0.1, 0.15) is 5.37 Å². The van der Waals surface area contributed by atoms with Crippen LogP contribution in [0.25, 0.3) is 0 Å². The van der Waals surface area contributed by atoms with Crippen LogP contribution in [0.3, 0.4) is 0 Å². The molecule has 1 aliphatic heterocycles. The number of hydrogen-bond acceptors (Lipinski definition) is 2. The van der Waals surface area contributed by atoms with E-state index in [2.05, 4.69) is 46.8 Å². The van der Waals surface area contributed by atoms with E-state index in [9.17, 15) is 0 Å². The second-order valence-corrected chi connectivity index (χ2v) is 5.91. The van der Waals surface area contributed by atoms with Crippen LogP contribution in [0, 0.1) is 0 Å². The highest BCUT2D eigenvalue weighted by Gasteiger charge is 2.28. The van der Waals surface area contributed by atoms with Crippen molar-refractivity contribution >= 4 is 11.8 Å². The fourth-order valence-electron chi connectivity index (χ4n) is 2.89. The molecule has 17 heavy (non-hydrogen) atoms. The molecule has 0 bridgehead atoms. The molecule has 1 aromatic rings. The molecule has 1 aliphatic carbocycles. The van der Waals surface area contributed by atoms with Crippen molar-refractivity contribution in [3.63, 3.8) is 0 Å². The number of rotatable bonds is 2. The summed E-state index contributed by atoms with van der Waals surface area (Å²) in [4.78, 5) is 2.58. The van der Waals surface area contributed by atoms with Gasteiger partial charge >= 0.3 is 0 Å². The maximum atomic E-state index is 2.58. The van der Waals surface area contributed by atoms with Gasteiger partial charge in [0.2, 0.25) is 0 Å². The van der Waals surface area contributed by atoms with Gasteiger partial charge in [-0.25, -0.2) is 0 Å². The van der Waals surface area contributed by atoms with Gasteiger partial charge in [-0.1, -0.05) is 49.6 Å². The topological polar surface area (TPSA) is 3.24 Å². The molecule has 1 atom stereocenters. The van der Waals surface area contributed by atoms with Crippen LogP contribution in [0.5, 0.6) is 0 Å². The van der Waals surface area contributed by atoms with Crippen molar-refractivity contribution < 1.29 is 0 Å². The summed E-state index contributed by atoms with van der Waals surface area (Å²) in [7, 11) is 0. The first-order valence-corrected chi connectivity index (χ1v) is 7.54. The Kier molecular flexibility index (Phi) is 3.41. The molecule has 3 rings (SSSR count). The standard InChI is InChI=1S/C15H19NS/c1-3-7-13(8-4-1)15-16(11-12-17-15)14-9-5-2-6-10-14/h1,3-4,7-8,11-12,14-15H,2,5-6,9-10H2. The maximum Gasteiger partial charge on any atom is 0.104 e. The smallest absolute Gasteiger partial charge is 0.104 e. The molecule has 0 spiro atoms. The van der Waals surface area contributed by atoms with Crippen LogP contribution in [-0.4, -0.2) is 10.9 Å². The third-order valence-electron chi connectivity index (χ3n) is 3.79. The van der Waals surface area contributed by atoms with E-state index in [-0.39, 0.29) is 0 Å². The lowest BCUT2D eigenvalue weighted by atomic mass is 9.94. The predicted molar refractivity (Wildman–Crippen MR) is 74.6 cm³/mol. The Morgan fingerprint density at radius 2 is 1.76 bits per heavy atom. The van der Waals surface area contributed by atoms with E-state index < -0.39 is 0 Å². The summed E-state index contributed by atoms with van der Waals surface area (Å²) in [6.45, 7) is 0. The summed E-state index contributed by atoms with van der Waals surface area (Å²) >= 11 is 1.94. The van der Waals surface area contributed by atoms with Gasteiger partial charge in [-0.15, -0.1) is 11.8 Å². The van der Waals surface area contributed by atoms with Gasteiger partial charge in [-0.05, 0) is 23.8 Å². The predicted octanol–water partition coefficient (Wildman–Crippen LogP) is 4.54. The van der Waals surface area contributed by atoms with E-state index in [0.717, 1.165) is 6.04 Å². The van der Waals surface area contributed by atoms with Crippen LogP contribution in [-0.2, 0) is 0 Å². The molecule has 0 saturated heterocycles. The normalized spacial score (nSPS) is 25.4. The van der Waals surface area contributed by atoms with Crippen LogP contribution in [0.2, 0.25) is 0 Å².